The summed E-state index contributed by atoms with van der Waals surface area (Å²) in [4.78, 5) is 38.4. The average molecular weight is 931 g/mol. The maximum atomic E-state index is 13.6. The molecular weight excluding hydrogens is 864 g/mol. The monoisotopic (exact) mass is 930 g/mol. The van der Waals surface area contributed by atoms with Gasteiger partial charge in [-0.15, -0.1) is 0 Å². The fourth-order valence-electron chi connectivity index (χ4n) is 7.82. The molecule has 2 N–H and O–H groups in total. The lowest BCUT2D eigenvalue weighted by Crippen LogP contribution is -2.50. The number of nitrogens with one attached hydrogen (secondary N) is 2. The van der Waals surface area contributed by atoms with Crippen molar-refractivity contribution in [3.05, 3.63) is 112 Å². The van der Waals surface area contributed by atoms with E-state index >= 15 is 0 Å². The second-order valence-corrected chi connectivity index (χ2v) is 24.9. The number of hydrogen-bond acceptors (Lipinski definition) is 12. The SMILES string of the molecule is COc1ccc(C(OC[C@H]2O[C@@H](n3cnc4c(=O)[nH]c(NC(=O)C(C)C)nc43)[C@H](O[Si](C)(C)C(C)(C)C)[C@@H]2OP(OC)N(C(C)C)C(C)C)(c2ccccc2)c2ccc(OC)cc2)cc1. The summed E-state index contributed by atoms with van der Waals surface area (Å²) in [6.07, 6.45) is -1.77. The van der Waals surface area contributed by atoms with Gasteiger partial charge in [0.05, 0.1) is 27.2 Å². The van der Waals surface area contributed by atoms with E-state index in [0.717, 1.165) is 16.7 Å². The van der Waals surface area contributed by atoms with Crippen molar-refractivity contribution in [2.24, 2.45) is 5.92 Å². The molecule has 0 saturated carbocycles. The second-order valence-electron chi connectivity index (χ2n) is 18.7. The van der Waals surface area contributed by atoms with Gasteiger partial charge in [0.2, 0.25) is 11.9 Å². The number of ether oxygens (including phenoxy) is 4. The van der Waals surface area contributed by atoms with E-state index in [1.165, 1.54) is 6.33 Å². The highest BCUT2D eigenvalue weighted by Crippen LogP contribution is 2.52. The molecule has 1 unspecified atom stereocenters. The van der Waals surface area contributed by atoms with Gasteiger partial charge in [-0.3, -0.25) is 24.5 Å². The first-order valence-electron chi connectivity index (χ1n) is 22.1. The number of amides is 1. The van der Waals surface area contributed by atoms with E-state index in [-0.39, 0.29) is 52.7 Å². The Morgan fingerprint density at radius 1 is 0.862 bits per heavy atom. The number of benzene rings is 3. The molecule has 1 aliphatic heterocycles. The van der Waals surface area contributed by atoms with Crippen LogP contribution in [0.1, 0.15) is 85.2 Å². The normalized spacial score (nSPS) is 18.9. The van der Waals surface area contributed by atoms with Crippen LogP contribution in [-0.4, -0.2) is 96.7 Å². The predicted octanol–water partition coefficient (Wildman–Crippen LogP) is 9.41. The molecule has 5 atom stereocenters. The van der Waals surface area contributed by atoms with Crippen molar-refractivity contribution in [1.82, 2.24) is 24.2 Å². The molecule has 3 heterocycles. The number of H-pyrrole nitrogens is 1. The summed E-state index contributed by atoms with van der Waals surface area (Å²) in [5.41, 5.74) is 1.15. The third-order valence-electron chi connectivity index (χ3n) is 12.2. The minimum atomic E-state index is -2.64. The van der Waals surface area contributed by atoms with E-state index in [1.807, 2.05) is 78.9 Å². The average Bonchev–Trinajstić information content (AvgIpc) is 3.84. The number of nitrogens with zero attached hydrogens (tertiary/aromatic N) is 4. The van der Waals surface area contributed by atoms with Crippen molar-refractivity contribution < 1.29 is 37.2 Å². The van der Waals surface area contributed by atoms with E-state index in [4.69, 9.17) is 37.4 Å². The van der Waals surface area contributed by atoms with Crippen LogP contribution >= 0.6 is 8.53 Å². The molecule has 0 aliphatic carbocycles. The molecule has 2 aromatic heterocycles. The Kier molecular flexibility index (Phi) is 15.8. The molecule has 5 aromatic rings. The molecule has 0 radical (unpaired) electrons. The van der Waals surface area contributed by atoms with Crippen LogP contribution in [0.15, 0.2) is 90.0 Å². The second kappa shape index (κ2) is 20.6. The number of carbonyl (C=O) groups is 1. The summed E-state index contributed by atoms with van der Waals surface area (Å²) in [6, 6.07) is 25.9. The first kappa shape index (κ1) is 49.9. The Balaban J connectivity index is 1.57. The van der Waals surface area contributed by atoms with Crippen molar-refractivity contribution in [2.75, 3.05) is 33.3 Å². The van der Waals surface area contributed by atoms with Crippen LogP contribution in [0, 0.1) is 5.92 Å². The van der Waals surface area contributed by atoms with E-state index in [2.05, 4.69) is 81.5 Å². The number of carbonyl (C=O) groups excluding carboxylic acids is 1. The molecule has 1 aliphatic rings. The van der Waals surface area contributed by atoms with E-state index in [1.54, 1.807) is 39.7 Å². The molecule has 1 amide bonds. The summed E-state index contributed by atoms with van der Waals surface area (Å²) >= 11 is 0. The molecule has 65 heavy (non-hydrogen) atoms. The highest BCUT2D eigenvalue weighted by Gasteiger charge is 2.54. The fraction of sp³-hybridized carbons (Fsp3) is 0.500. The Bertz CT molecular complexity index is 2350. The van der Waals surface area contributed by atoms with Crippen molar-refractivity contribution in [2.45, 2.75) is 123 Å². The van der Waals surface area contributed by atoms with Crippen LogP contribution in [0.5, 0.6) is 11.5 Å². The smallest absolute Gasteiger partial charge is 0.280 e. The maximum absolute atomic E-state index is 13.6. The maximum Gasteiger partial charge on any atom is 0.280 e. The molecule has 17 heteroatoms. The fourth-order valence-corrected chi connectivity index (χ4v) is 10.7. The highest BCUT2D eigenvalue weighted by atomic mass is 31.2. The number of aromatic nitrogens is 4. The third-order valence-corrected chi connectivity index (χ3v) is 18.8. The van der Waals surface area contributed by atoms with Gasteiger partial charge in [0.1, 0.15) is 35.4 Å². The standard InChI is InChI=1S/C48H67N6O9PSi/c1-30(2)43(55)51-46-50-42-39(44(56)52-46)49-29-53(42)45-41(63-65(13,14)47(7,8)9)40(62-64(59-12)54(31(3)4)32(5)6)38(61-45)28-60-48(33-18-16-15-17-19-33,34-20-24-36(57-10)25-21-34)35-22-26-37(58-11)27-23-35/h15-27,29-32,38,40-41,45H,28H2,1-14H3,(H2,50,51,52,55,56)/t38-,40-,41-,45-,64?/m1/s1. The van der Waals surface area contributed by atoms with Crippen molar-refractivity contribution in [3.63, 3.8) is 0 Å². The lowest BCUT2D eigenvalue weighted by atomic mass is 9.80. The predicted molar refractivity (Wildman–Crippen MR) is 257 cm³/mol. The van der Waals surface area contributed by atoms with E-state index in [0.29, 0.717) is 11.5 Å². The van der Waals surface area contributed by atoms with Gasteiger partial charge >= 0.3 is 0 Å². The first-order valence-corrected chi connectivity index (χ1v) is 26.2. The molecule has 3 aromatic carbocycles. The summed E-state index contributed by atoms with van der Waals surface area (Å²) in [6.45, 7) is 22.9. The van der Waals surface area contributed by atoms with Crippen LogP contribution in [-0.2, 0) is 33.3 Å². The summed E-state index contributed by atoms with van der Waals surface area (Å²) in [7, 11) is 0.611. The molecule has 1 fully saturated rings. The van der Waals surface area contributed by atoms with Gasteiger partial charge in [-0.05, 0) is 86.8 Å². The van der Waals surface area contributed by atoms with Crippen molar-refractivity contribution >= 4 is 39.9 Å². The van der Waals surface area contributed by atoms with E-state index in [9.17, 15) is 9.59 Å². The molecule has 15 nitrogen and oxygen atoms in total. The van der Waals surface area contributed by atoms with Gasteiger partial charge in [0.25, 0.3) is 14.1 Å². The summed E-state index contributed by atoms with van der Waals surface area (Å²) in [5, 5.41) is 2.52. The topological polar surface area (TPSA) is 161 Å². The molecule has 0 bridgehead atoms. The van der Waals surface area contributed by atoms with Crippen LogP contribution in [0.2, 0.25) is 18.1 Å². The molecule has 352 valence electrons. The van der Waals surface area contributed by atoms with Gasteiger partial charge < -0.3 is 32.4 Å². The molecule has 6 rings (SSSR count). The largest absolute Gasteiger partial charge is 0.497 e. The summed E-state index contributed by atoms with van der Waals surface area (Å²) < 4.78 is 50.9. The lowest BCUT2D eigenvalue weighted by Gasteiger charge is -2.42. The van der Waals surface area contributed by atoms with E-state index < -0.39 is 52.5 Å². The number of rotatable bonds is 19. The number of hydrogen-bond donors (Lipinski definition) is 2. The first-order chi connectivity index (χ1) is 30.8. The zero-order valence-electron chi connectivity index (χ0n) is 40.2. The number of anilines is 1. The third kappa shape index (κ3) is 10.6. The van der Waals surface area contributed by atoms with Crippen LogP contribution in [0.3, 0.4) is 0 Å². The zero-order chi connectivity index (χ0) is 47.4. The molecule has 1 saturated heterocycles. The minimum Gasteiger partial charge on any atom is -0.497 e. The van der Waals surface area contributed by atoms with Gasteiger partial charge in [0, 0.05) is 25.1 Å². The van der Waals surface area contributed by atoms with Crippen LogP contribution < -0.4 is 20.3 Å². The Hall–Kier alpha value is -4.51. The molecular formula is C48H67N6O9PSi. The number of imidazole rings is 1. The van der Waals surface area contributed by atoms with Gasteiger partial charge in [-0.2, -0.15) is 4.98 Å². The minimum absolute atomic E-state index is 0.00192. The van der Waals surface area contributed by atoms with Gasteiger partial charge in [-0.25, -0.2) is 9.65 Å². The quantitative estimate of drug-likeness (QED) is 0.0460. The zero-order valence-corrected chi connectivity index (χ0v) is 42.1. The lowest BCUT2D eigenvalue weighted by molar-refractivity contribution is -0.118. The van der Waals surface area contributed by atoms with Gasteiger partial charge in [0.15, 0.2) is 25.7 Å². The Labute approximate surface area is 385 Å². The molecule has 0 spiro atoms. The highest BCUT2D eigenvalue weighted by molar-refractivity contribution is 7.44. The van der Waals surface area contributed by atoms with Crippen LogP contribution in [0.4, 0.5) is 5.95 Å². The Morgan fingerprint density at radius 3 is 1.91 bits per heavy atom. The Morgan fingerprint density at radius 2 is 1.42 bits per heavy atom. The van der Waals surface area contributed by atoms with Gasteiger partial charge in [-0.1, -0.05) is 89.2 Å². The number of aromatic amines is 1. The van der Waals surface area contributed by atoms with Crippen molar-refractivity contribution in [1.29, 1.82) is 0 Å². The number of methoxy groups -OCH3 is 2. The number of fused-ring (bicyclic) bond motifs is 1. The van der Waals surface area contributed by atoms with Crippen molar-refractivity contribution in [3.8, 4) is 11.5 Å². The summed E-state index contributed by atoms with van der Waals surface area (Å²) in [5.74, 6) is 0.738. The van der Waals surface area contributed by atoms with Crippen LogP contribution in [0.25, 0.3) is 11.2 Å².